The third kappa shape index (κ3) is 6.20. The molecule has 0 aliphatic heterocycles. The summed E-state index contributed by atoms with van der Waals surface area (Å²) >= 11 is 0. The SMILES string of the molecule is Cc1cccc(-[n+]2c(C)cc(C)cc2C)c1.[O-][Cl+3]([O-])([O-])[O-]. The van der Waals surface area contributed by atoms with Gasteiger partial charge in [0.1, 0.15) is 0 Å². The minimum Gasteiger partial charge on any atom is -0.222 e. The highest BCUT2D eigenvalue weighted by Crippen LogP contribution is 2.09. The molecule has 6 heteroatoms. The van der Waals surface area contributed by atoms with E-state index in [4.69, 9.17) is 18.6 Å². The van der Waals surface area contributed by atoms with Crippen LogP contribution in [-0.2, 0) is 0 Å². The van der Waals surface area contributed by atoms with Gasteiger partial charge in [0, 0.05) is 38.1 Å². The van der Waals surface area contributed by atoms with Crippen LogP contribution in [0.4, 0.5) is 0 Å². The molecule has 0 N–H and O–H groups in total. The fraction of sp³-hybridized carbons (Fsp3) is 0.267. The van der Waals surface area contributed by atoms with E-state index in [0.717, 1.165) is 0 Å². The highest BCUT2D eigenvalue weighted by molar-refractivity contribution is 5.29. The molecule has 0 atom stereocenters. The number of hydrogen-bond donors (Lipinski definition) is 0. The molecule has 0 spiro atoms. The van der Waals surface area contributed by atoms with Crippen LogP contribution in [0, 0.1) is 37.9 Å². The van der Waals surface area contributed by atoms with Gasteiger partial charge in [0.15, 0.2) is 11.4 Å². The zero-order chi connectivity index (χ0) is 16.2. The first-order valence-electron chi connectivity index (χ1n) is 6.26. The molecule has 2 aromatic rings. The van der Waals surface area contributed by atoms with Gasteiger partial charge in [-0.3, -0.25) is 0 Å². The van der Waals surface area contributed by atoms with Crippen molar-refractivity contribution in [3.8, 4) is 5.69 Å². The van der Waals surface area contributed by atoms with Crippen LogP contribution in [0.3, 0.4) is 0 Å². The standard InChI is InChI=1S/C15H18N.ClHO4/c1-11-6-5-7-15(10-11)16-13(3)8-12(2)9-14(16)4;2-1(3,4)5/h5-10H,1-4H3;(H,2,3,4,5)/q+1;/p-1. The Kier molecular flexibility index (Phi) is 5.83. The largest absolute Gasteiger partial charge is 0.222 e. The van der Waals surface area contributed by atoms with Gasteiger partial charge in [0.2, 0.25) is 5.69 Å². The molecule has 114 valence electrons. The number of benzene rings is 1. The van der Waals surface area contributed by atoms with Gasteiger partial charge < -0.3 is 0 Å². The van der Waals surface area contributed by atoms with E-state index >= 15 is 0 Å². The van der Waals surface area contributed by atoms with E-state index < -0.39 is 10.2 Å². The van der Waals surface area contributed by atoms with Crippen LogP contribution < -0.4 is 23.2 Å². The Balaban J connectivity index is 0.000000383. The van der Waals surface area contributed by atoms with Crippen molar-refractivity contribution in [3.63, 3.8) is 0 Å². The lowest BCUT2D eigenvalue weighted by atomic mass is 10.1. The summed E-state index contributed by atoms with van der Waals surface area (Å²) in [7, 11) is -4.94. The minimum absolute atomic E-state index is 1.25. The van der Waals surface area contributed by atoms with Crippen LogP contribution in [0.1, 0.15) is 22.5 Å². The van der Waals surface area contributed by atoms with Gasteiger partial charge in [-0.2, -0.15) is 4.57 Å². The molecule has 0 saturated heterocycles. The Morgan fingerprint density at radius 1 is 0.762 bits per heavy atom. The number of nitrogens with zero attached hydrogens (tertiary/aromatic N) is 1. The summed E-state index contributed by atoms with van der Waals surface area (Å²) in [5.41, 5.74) is 6.42. The number of aryl methyl sites for hydroxylation is 4. The summed E-state index contributed by atoms with van der Waals surface area (Å²) in [6, 6.07) is 13.0. The first kappa shape index (κ1) is 17.6. The maximum Gasteiger partial charge on any atom is 0.211 e. The van der Waals surface area contributed by atoms with E-state index in [0.29, 0.717) is 0 Å². The van der Waals surface area contributed by atoms with Gasteiger partial charge in [-0.05, 0) is 25.0 Å². The molecule has 0 radical (unpaired) electrons. The van der Waals surface area contributed by atoms with Gasteiger partial charge in [-0.1, -0.05) is 12.1 Å². The lowest BCUT2D eigenvalue weighted by Crippen LogP contribution is -2.68. The number of rotatable bonds is 1. The predicted octanol–water partition coefficient (Wildman–Crippen LogP) is -1.56. The zero-order valence-electron chi connectivity index (χ0n) is 12.4. The molecule has 0 unspecified atom stereocenters. The average Bonchev–Trinajstić information content (AvgIpc) is 2.24. The van der Waals surface area contributed by atoms with Crippen molar-refractivity contribution in [2.45, 2.75) is 27.7 Å². The van der Waals surface area contributed by atoms with Crippen LogP contribution in [-0.4, -0.2) is 0 Å². The van der Waals surface area contributed by atoms with E-state index in [1.165, 1.54) is 28.2 Å². The summed E-state index contributed by atoms with van der Waals surface area (Å²) in [5.74, 6) is 0. The second kappa shape index (κ2) is 6.98. The number of hydrogen-bond acceptors (Lipinski definition) is 4. The number of halogens is 1. The molecular formula is C15H18ClNO4. The summed E-state index contributed by atoms with van der Waals surface area (Å²) in [5, 5.41) is 0. The molecule has 5 nitrogen and oxygen atoms in total. The van der Waals surface area contributed by atoms with Crippen LogP contribution in [0.2, 0.25) is 0 Å². The summed E-state index contributed by atoms with van der Waals surface area (Å²) in [6.07, 6.45) is 0. The van der Waals surface area contributed by atoms with Gasteiger partial charge in [0.25, 0.3) is 0 Å². The van der Waals surface area contributed by atoms with Crippen molar-refractivity contribution in [3.05, 3.63) is 58.9 Å². The molecule has 1 aromatic carbocycles. The van der Waals surface area contributed by atoms with Crippen LogP contribution >= 0.6 is 0 Å². The Bertz CT molecular complexity index is 594. The third-order valence-electron chi connectivity index (χ3n) is 2.84. The van der Waals surface area contributed by atoms with E-state index in [9.17, 15) is 0 Å². The van der Waals surface area contributed by atoms with Gasteiger partial charge in [-0.15, -0.1) is 10.2 Å². The predicted molar refractivity (Wildman–Crippen MR) is 66.9 cm³/mol. The quantitative estimate of drug-likeness (QED) is 0.595. The molecule has 0 bridgehead atoms. The maximum absolute atomic E-state index is 8.49. The number of aromatic nitrogens is 1. The average molecular weight is 312 g/mol. The molecule has 1 aromatic heterocycles. The number of pyridine rings is 1. The summed E-state index contributed by atoms with van der Waals surface area (Å²) in [6.45, 7) is 8.58. The van der Waals surface area contributed by atoms with E-state index in [2.05, 4.69) is 68.7 Å². The Morgan fingerprint density at radius 3 is 1.67 bits per heavy atom. The molecule has 21 heavy (non-hydrogen) atoms. The summed E-state index contributed by atoms with van der Waals surface area (Å²) in [4.78, 5) is 0. The lowest BCUT2D eigenvalue weighted by Gasteiger charge is -2.17. The monoisotopic (exact) mass is 311 g/mol. The van der Waals surface area contributed by atoms with Gasteiger partial charge in [0.05, 0.1) is 0 Å². The molecule has 0 saturated carbocycles. The first-order valence-corrected chi connectivity index (χ1v) is 7.50. The molecule has 1 heterocycles. The van der Waals surface area contributed by atoms with E-state index in [1.807, 2.05) is 0 Å². The molecule has 0 aliphatic carbocycles. The first-order chi connectivity index (χ1) is 9.58. The fourth-order valence-corrected chi connectivity index (χ4v) is 2.28. The lowest BCUT2D eigenvalue weighted by molar-refractivity contribution is -2.00. The van der Waals surface area contributed by atoms with Crippen molar-refractivity contribution in [2.75, 3.05) is 0 Å². The topological polar surface area (TPSA) is 96.1 Å². The van der Waals surface area contributed by atoms with Crippen molar-refractivity contribution in [1.29, 1.82) is 0 Å². The minimum atomic E-state index is -4.94. The molecule has 2 rings (SSSR count). The van der Waals surface area contributed by atoms with Crippen molar-refractivity contribution in [1.82, 2.24) is 0 Å². The Hall–Kier alpha value is -1.50. The fourth-order valence-electron chi connectivity index (χ4n) is 2.28. The Morgan fingerprint density at radius 2 is 1.24 bits per heavy atom. The third-order valence-corrected chi connectivity index (χ3v) is 2.84. The van der Waals surface area contributed by atoms with Crippen molar-refractivity contribution >= 4 is 0 Å². The maximum atomic E-state index is 8.49. The second-order valence-corrected chi connectivity index (χ2v) is 5.62. The van der Waals surface area contributed by atoms with E-state index in [1.54, 1.807) is 0 Å². The smallest absolute Gasteiger partial charge is 0.211 e. The highest BCUT2D eigenvalue weighted by atomic mass is 35.7. The normalized spacial score (nSPS) is 10.9. The second-order valence-electron chi connectivity index (χ2n) is 4.87. The highest BCUT2D eigenvalue weighted by Gasteiger charge is 2.14. The van der Waals surface area contributed by atoms with Crippen LogP contribution in [0.5, 0.6) is 0 Å². The van der Waals surface area contributed by atoms with E-state index in [-0.39, 0.29) is 0 Å². The molecule has 0 aliphatic rings. The van der Waals surface area contributed by atoms with Gasteiger partial charge >= 0.3 is 0 Å². The van der Waals surface area contributed by atoms with Crippen molar-refractivity contribution < 1.29 is 33.4 Å². The Labute approximate surface area is 126 Å². The van der Waals surface area contributed by atoms with Crippen LogP contribution in [0.15, 0.2) is 36.4 Å². The van der Waals surface area contributed by atoms with Crippen molar-refractivity contribution in [2.24, 2.45) is 0 Å². The molecule has 0 fully saturated rings. The summed E-state index contributed by atoms with van der Waals surface area (Å²) < 4.78 is 36.3. The van der Waals surface area contributed by atoms with Crippen LogP contribution in [0.25, 0.3) is 5.69 Å². The van der Waals surface area contributed by atoms with Gasteiger partial charge in [-0.25, -0.2) is 18.6 Å². The zero-order valence-corrected chi connectivity index (χ0v) is 13.2. The molecule has 0 amide bonds. The molecular weight excluding hydrogens is 294 g/mol.